The highest BCUT2D eigenvalue weighted by Crippen LogP contribution is 2.21. The summed E-state index contributed by atoms with van der Waals surface area (Å²) in [5.41, 5.74) is 1.89. The minimum atomic E-state index is -0.404. The fourth-order valence-corrected chi connectivity index (χ4v) is 1.42. The zero-order valence-electron chi connectivity index (χ0n) is 9.10. The number of aromatic nitrogens is 4. The second kappa shape index (κ2) is 4.18. The van der Waals surface area contributed by atoms with Crippen LogP contribution >= 0.6 is 0 Å². The molecule has 0 unspecified atom stereocenters. The molecule has 2 aromatic heterocycles. The van der Waals surface area contributed by atoms with Gasteiger partial charge in [-0.15, -0.1) is 0 Å². The number of aryl methyl sites for hydroxylation is 1. The molecular weight excluding hydrogens is 208 g/mol. The van der Waals surface area contributed by atoms with E-state index in [1.54, 1.807) is 24.0 Å². The van der Waals surface area contributed by atoms with Gasteiger partial charge in [0.2, 0.25) is 0 Å². The van der Waals surface area contributed by atoms with E-state index in [0.29, 0.717) is 17.9 Å². The molecule has 0 aliphatic rings. The molecule has 0 saturated heterocycles. The largest absolute Gasteiger partial charge is 0.461 e. The summed E-state index contributed by atoms with van der Waals surface area (Å²) in [7, 11) is 1.81. The average Bonchev–Trinajstić information content (AvgIpc) is 2.85. The van der Waals surface area contributed by atoms with Crippen LogP contribution in [0.15, 0.2) is 18.6 Å². The molecule has 2 aromatic rings. The van der Waals surface area contributed by atoms with E-state index < -0.39 is 5.97 Å². The Kier molecular flexibility index (Phi) is 2.72. The van der Waals surface area contributed by atoms with E-state index in [1.165, 1.54) is 0 Å². The number of carbonyl (C=O) groups excluding carboxylic acids is 1. The monoisotopic (exact) mass is 220 g/mol. The topological polar surface area (TPSA) is 72.8 Å². The van der Waals surface area contributed by atoms with E-state index >= 15 is 0 Å². The van der Waals surface area contributed by atoms with Crippen molar-refractivity contribution >= 4 is 5.97 Å². The van der Waals surface area contributed by atoms with E-state index in [2.05, 4.69) is 15.3 Å². The van der Waals surface area contributed by atoms with Crippen molar-refractivity contribution in [3.05, 3.63) is 24.3 Å². The highest BCUT2D eigenvalue weighted by Gasteiger charge is 2.16. The molecule has 84 valence electrons. The second-order valence-electron chi connectivity index (χ2n) is 3.28. The van der Waals surface area contributed by atoms with Crippen LogP contribution in [-0.2, 0) is 11.8 Å². The van der Waals surface area contributed by atoms with Crippen molar-refractivity contribution in [3.8, 4) is 11.1 Å². The van der Waals surface area contributed by atoms with E-state index in [4.69, 9.17) is 4.74 Å². The quantitative estimate of drug-likeness (QED) is 0.783. The molecule has 1 N–H and O–H groups in total. The number of hydrogen-bond donors (Lipinski definition) is 1. The Morgan fingerprint density at radius 1 is 1.56 bits per heavy atom. The molecule has 2 heterocycles. The Morgan fingerprint density at radius 2 is 2.38 bits per heavy atom. The highest BCUT2D eigenvalue weighted by molar-refractivity contribution is 5.94. The number of nitrogens with zero attached hydrogens (tertiary/aromatic N) is 3. The van der Waals surface area contributed by atoms with E-state index in [-0.39, 0.29) is 0 Å². The van der Waals surface area contributed by atoms with Crippen molar-refractivity contribution in [2.75, 3.05) is 6.61 Å². The molecule has 2 rings (SSSR count). The van der Waals surface area contributed by atoms with Gasteiger partial charge >= 0.3 is 5.97 Å². The molecule has 0 aromatic carbocycles. The first kappa shape index (κ1) is 10.4. The normalized spacial score (nSPS) is 10.4. The lowest BCUT2D eigenvalue weighted by molar-refractivity contribution is 0.0520. The van der Waals surface area contributed by atoms with Crippen LogP contribution in [0.25, 0.3) is 11.1 Å². The summed E-state index contributed by atoms with van der Waals surface area (Å²) in [6.45, 7) is 2.10. The van der Waals surface area contributed by atoms with Crippen LogP contribution in [0, 0.1) is 0 Å². The highest BCUT2D eigenvalue weighted by atomic mass is 16.5. The molecule has 6 heteroatoms. The van der Waals surface area contributed by atoms with Gasteiger partial charge in [0.05, 0.1) is 19.0 Å². The van der Waals surface area contributed by atoms with Crippen LogP contribution < -0.4 is 0 Å². The fourth-order valence-electron chi connectivity index (χ4n) is 1.42. The molecule has 0 atom stereocenters. The molecule has 0 fully saturated rings. The van der Waals surface area contributed by atoms with E-state index in [1.807, 2.05) is 13.2 Å². The van der Waals surface area contributed by atoms with Crippen LogP contribution in [0.5, 0.6) is 0 Å². The van der Waals surface area contributed by atoms with Gasteiger partial charge in [-0.1, -0.05) is 0 Å². The SMILES string of the molecule is CCOC(=O)c1[nH]ncc1-c1cnn(C)c1. The summed E-state index contributed by atoms with van der Waals surface area (Å²) < 4.78 is 6.58. The van der Waals surface area contributed by atoms with Crippen molar-refractivity contribution in [2.45, 2.75) is 6.92 Å². The summed E-state index contributed by atoms with van der Waals surface area (Å²) in [6, 6.07) is 0. The van der Waals surface area contributed by atoms with Crippen molar-refractivity contribution < 1.29 is 9.53 Å². The van der Waals surface area contributed by atoms with Gasteiger partial charge in [-0.05, 0) is 6.92 Å². The molecule has 0 amide bonds. The zero-order chi connectivity index (χ0) is 11.5. The predicted molar refractivity (Wildman–Crippen MR) is 56.7 cm³/mol. The summed E-state index contributed by atoms with van der Waals surface area (Å²) >= 11 is 0. The van der Waals surface area contributed by atoms with Crippen LogP contribution in [0.3, 0.4) is 0 Å². The number of aromatic amines is 1. The first-order chi connectivity index (χ1) is 7.72. The van der Waals surface area contributed by atoms with Gasteiger partial charge in [0.1, 0.15) is 0 Å². The third-order valence-electron chi connectivity index (χ3n) is 2.13. The maximum absolute atomic E-state index is 11.6. The lowest BCUT2D eigenvalue weighted by atomic mass is 10.1. The van der Waals surface area contributed by atoms with Gasteiger partial charge in [-0.2, -0.15) is 10.2 Å². The Hall–Kier alpha value is -2.11. The Morgan fingerprint density at radius 3 is 3.00 bits per heavy atom. The Bertz CT molecular complexity index is 500. The standard InChI is InChI=1S/C10H12N4O2/c1-3-16-10(15)9-8(5-11-13-9)7-4-12-14(2)6-7/h4-6H,3H2,1-2H3,(H,11,13). The molecule has 16 heavy (non-hydrogen) atoms. The Balaban J connectivity index is 2.36. The molecule has 0 spiro atoms. The number of rotatable bonds is 3. The fraction of sp³-hybridized carbons (Fsp3) is 0.300. The number of H-pyrrole nitrogens is 1. The average molecular weight is 220 g/mol. The van der Waals surface area contributed by atoms with Gasteiger partial charge in [-0.25, -0.2) is 4.79 Å². The molecule has 0 bridgehead atoms. The molecule has 0 aliphatic heterocycles. The number of nitrogens with one attached hydrogen (secondary N) is 1. The van der Waals surface area contributed by atoms with Gasteiger partial charge in [0, 0.05) is 24.4 Å². The van der Waals surface area contributed by atoms with Gasteiger partial charge in [0.15, 0.2) is 5.69 Å². The lowest BCUT2D eigenvalue weighted by Gasteiger charge is -2.00. The summed E-state index contributed by atoms with van der Waals surface area (Å²) in [4.78, 5) is 11.6. The molecule has 0 aliphatic carbocycles. The smallest absolute Gasteiger partial charge is 0.356 e. The minimum Gasteiger partial charge on any atom is -0.461 e. The molecular formula is C10H12N4O2. The van der Waals surface area contributed by atoms with Crippen LogP contribution in [0.4, 0.5) is 0 Å². The van der Waals surface area contributed by atoms with E-state index in [9.17, 15) is 4.79 Å². The molecule has 0 radical (unpaired) electrons. The third kappa shape index (κ3) is 1.81. The van der Waals surface area contributed by atoms with Crippen molar-refractivity contribution in [1.29, 1.82) is 0 Å². The predicted octanol–water partition coefficient (Wildman–Crippen LogP) is 0.987. The van der Waals surface area contributed by atoms with Gasteiger partial charge in [0.25, 0.3) is 0 Å². The van der Waals surface area contributed by atoms with E-state index in [0.717, 1.165) is 5.56 Å². The maximum Gasteiger partial charge on any atom is 0.356 e. The first-order valence-corrected chi connectivity index (χ1v) is 4.92. The number of hydrogen-bond acceptors (Lipinski definition) is 4. The minimum absolute atomic E-state index is 0.338. The third-order valence-corrected chi connectivity index (χ3v) is 2.13. The first-order valence-electron chi connectivity index (χ1n) is 4.92. The zero-order valence-corrected chi connectivity index (χ0v) is 9.10. The molecule has 6 nitrogen and oxygen atoms in total. The van der Waals surface area contributed by atoms with Crippen LogP contribution in [0.1, 0.15) is 17.4 Å². The van der Waals surface area contributed by atoms with Crippen LogP contribution in [0.2, 0.25) is 0 Å². The second-order valence-corrected chi connectivity index (χ2v) is 3.28. The van der Waals surface area contributed by atoms with Crippen molar-refractivity contribution in [3.63, 3.8) is 0 Å². The number of esters is 1. The van der Waals surface area contributed by atoms with Crippen molar-refractivity contribution in [2.24, 2.45) is 7.05 Å². The summed E-state index contributed by atoms with van der Waals surface area (Å²) in [6.07, 6.45) is 5.07. The molecule has 0 saturated carbocycles. The van der Waals surface area contributed by atoms with Gasteiger partial charge < -0.3 is 4.74 Å². The van der Waals surface area contributed by atoms with Crippen molar-refractivity contribution in [1.82, 2.24) is 20.0 Å². The summed E-state index contributed by atoms with van der Waals surface area (Å²) in [5.74, 6) is -0.404. The lowest BCUT2D eigenvalue weighted by Crippen LogP contribution is -2.06. The number of carbonyl (C=O) groups is 1. The Labute approximate surface area is 92.2 Å². The summed E-state index contributed by atoms with van der Waals surface area (Å²) in [5, 5.41) is 10.5. The number of ether oxygens (including phenoxy) is 1. The van der Waals surface area contributed by atoms with Gasteiger partial charge in [-0.3, -0.25) is 9.78 Å². The van der Waals surface area contributed by atoms with Crippen LogP contribution in [-0.4, -0.2) is 32.6 Å². The maximum atomic E-state index is 11.6.